The Morgan fingerprint density at radius 2 is 2.38 bits per heavy atom. The van der Waals surface area contributed by atoms with Crippen molar-refractivity contribution in [2.24, 2.45) is 5.92 Å². The Bertz CT molecular complexity index is 168. The second-order valence-electron chi connectivity index (χ2n) is 4.05. The van der Waals surface area contributed by atoms with Gasteiger partial charge in [-0.15, -0.1) is 12.3 Å². The molecule has 1 heteroatoms. The van der Waals surface area contributed by atoms with Crippen molar-refractivity contribution in [2.45, 2.75) is 39.0 Å². The van der Waals surface area contributed by atoms with Crippen LogP contribution in [0.15, 0.2) is 0 Å². The normalized spacial score (nSPS) is 23.2. The summed E-state index contributed by atoms with van der Waals surface area (Å²) < 4.78 is 0. The molecule has 1 heterocycles. The van der Waals surface area contributed by atoms with Crippen LogP contribution in [-0.4, -0.2) is 24.5 Å². The molecule has 0 spiro atoms. The van der Waals surface area contributed by atoms with Gasteiger partial charge >= 0.3 is 0 Å². The average molecular weight is 179 g/mol. The third-order valence-electron chi connectivity index (χ3n) is 2.86. The van der Waals surface area contributed by atoms with Gasteiger partial charge in [-0.1, -0.05) is 13.3 Å². The Kier molecular flexibility index (Phi) is 4.93. The van der Waals surface area contributed by atoms with Crippen LogP contribution in [0.4, 0.5) is 0 Å². The van der Waals surface area contributed by atoms with Crippen molar-refractivity contribution < 1.29 is 0 Å². The molecule has 1 aliphatic heterocycles. The summed E-state index contributed by atoms with van der Waals surface area (Å²) in [5, 5.41) is 0. The van der Waals surface area contributed by atoms with Gasteiger partial charge in [-0.2, -0.15) is 0 Å². The number of nitrogens with zero attached hydrogens (tertiary/aromatic N) is 1. The van der Waals surface area contributed by atoms with Gasteiger partial charge in [0.15, 0.2) is 0 Å². The molecule has 0 saturated carbocycles. The van der Waals surface area contributed by atoms with Crippen LogP contribution in [0.2, 0.25) is 0 Å². The molecule has 0 aromatic carbocycles. The molecule has 13 heavy (non-hydrogen) atoms. The predicted octanol–water partition coefficient (Wildman–Crippen LogP) is 2.52. The topological polar surface area (TPSA) is 3.24 Å². The first-order valence-corrected chi connectivity index (χ1v) is 5.52. The van der Waals surface area contributed by atoms with Crippen molar-refractivity contribution in [1.29, 1.82) is 0 Å². The SMILES string of the molecule is C#CCCCN1CCC(CCC)C1. The zero-order valence-corrected chi connectivity index (χ0v) is 8.76. The molecule has 1 fully saturated rings. The standard InChI is InChI=1S/C12H21N/c1-3-5-6-9-13-10-8-12(11-13)7-4-2/h1,12H,4-11H2,2H3. The number of hydrogen-bond acceptors (Lipinski definition) is 1. The highest BCUT2D eigenvalue weighted by Gasteiger charge is 2.20. The Labute approximate surface area is 82.5 Å². The van der Waals surface area contributed by atoms with Crippen LogP contribution < -0.4 is 0 Å². The fourth-order valence-electron chi connectivity index (χ4n) is 2.16. The van der Waals surface area contributed by atoms with Crippen molar-refractivity contribution in [1.82, 2.24) is 4.90 Å². The summed E-state index contributed by atoms with van der Waals surface area (Å²) in [6.07, 6.45) is 11.5. The van der Waals surface area contributed by atoms with Crippen LogP contribution in [0, 0.1) is 18.3 Å². The van der Waals surface area contributed by atoms with Gasteiger partial charge in [0.1, 0.15) is 0 Å². The maximum absolute atomic E-state index is 5.22. The summed E-state index contributed by atoms with van der Waals surface area (Å²) in [6.45, 7) is 6.11. The molecular weight excluding hydrogens is 158 g/mol. The largest absolute Gasteiger partial charge is 0.303 e. The monoisotopic (exact) mass is 179 g/mol. The molecule has 1 aliphatic rings. The van der Waals surface area contributed by atoms with E-state index in [0.29, 0.717) is 0 Å². The van der Waals surface area contributed by atoms with E-state index in [4.69, 9.17) is 6.42 Å². The van der Waals surface area contributed by atoms with Crippen LogP contribution in [0.25, 0.3) is 0 Å². The lowest BCUT2D eigenvalue weighted by atomic mass is 10.0. The molecule has 0 radical (unpaired) electrons. The minimum absolute atomic E-state index is 0.939. The van der Waals surface area contributed by atoms with Gasteiger partial charge in [-0.25, -0.2) is 0 Å². The molecule has 1 unspecified atom stereocenters. The van der Waals surface area contributed by atoms with E-state index in [2.05, 4.69) is 17.7 Å². The second kappa shape index (κ2) is 6.05. The summed E-state index contributed by atoms with van der Waals surface area (Å²) in [5.41, 5.74) is 0. The van der Waals surface area contributed by atoms with E-state index in [9.17, 15) is 0 Å². The van der Waals surface area contributed by atoms with Gasteiger partial charge in [-0.05, 0) is 38.3 Å². The zero-order valence-electron chi connectivity index (χ0n) is 8.76. The third-order valence-corrected chi connectivity index (χ3v) is 2.86. The first-order valence-electron chi connectivity index (χ1n) is 5.52. The summed E-state index contributed by atoms with van der Waals surface area (Å²) in [5.74, 6) is 3.67. The zero-order chi connectivity index (χ0) is 9.52. The molecule has 0 N–H and O–H groups in total. The summed E-state index contributed by atoms with van der Waals surface area (Å²) in [4.78, 5) is 2.57. The van der Waals surface area contributed by atoms with E-state index < -0.39 is 0 Å². The number of unbranched alkanes of at least 4 members (excludes halogenated alkanes) is 1. The number of rotatable bonds is 5. The van der Waals surface area contributed by atoms with E-state index in [-0.39, 0.29) is 0 Å². The Morgan fingerprint density at radius 3 is 3.08 bits per heavy atom. The van der Waals surface area contributed by atoms with Crippen molar-refractivity contribution in [3.63, 3.8) is 0 Å². The van der Waals surface area contributed by atoms with Crippen LogP contribution in [0.1, 0.15) is 39.0 Å². The highest BCUT2D eigenvalue weighted by Crippen LogP contribution is 2.20. The molecule has 1 nitrogen and oxygen atoms in total. The second-order valence-corrected chi connectivity index (χ2v) is 4.05. The van der Waals surface area contributed by atoms with E-state index in [1.54, 1.807) is 0 Å². The molecule has 1 saturated heterocycles. The third kappa shape index (κ3) is 3.83. The van der Waals surface area contributed by atoms with E-state index >= 15 is 0 Å². The Morgan fingerprint density at radius 1 is 1.54 bits per heavy atom. The van der Waals surface area contributed by atoms with Crippen LogP contribution in [0.5, 0.6) is 0 Å². The average Bonchev–Trinajstić information content (AvgIpc) is 2.54. The first kappa shape index (κ1) is 10.6. The molecule has 0 amide bonds. The highest BCUT2D eigenvalue weighted by atomic mass is 15.1. The van der Waals surface area contributed by atoms with Gasteiger partial charge in [0.25, 0.3) is 0 Å². The Hall–Kier alpha value is -0.480. The number of hydrogen-bond donors (Lipinski definition) is 0. The minimum Gasteiger partial charge on any atom is -0.303 e. The van der Waals surface area contributed by atoms with Gasteiger partial charge in [0.2, 0.25) is 0 Å². The molecule has 1 atom stereocenters. The maximum Gasteiger partial charge on any atom is 0.00982 e. The summed E-state index contributed by atoms with van der Waals surface area (Å²) >= 11 is 0. The van der Waals surface area contributed by atoms with Gasteiger partial charge in [0, 0.05) is 13.0 Å². The first-order chi connectivity index (χ1) is 6.36. The molecular formula is C12H21N. The maximum atomic E-state index is 5.22. The molecule has 0 bridgehead atoms. The smallest absolute Gasteiger partial charge is 0.00982 e. The van der Waals surface area contributed by atoms with E-state index in [1.165, 1.54) is 45.3 Å². The van der Waals surface area contributed by atoms with Gasteiger partial charge in [0.05, 0.1) is 0 Å². The molecule has 74 valence electrons. The van der Waals surface area contributed by atoms with Crippen molar-refractivity contribution in [3.8, 4) is 12.3 Å². The lowest BCUT2D eigenvalue weighted by molar-refractivity contribution is 0.317. The van der Waals surface area contributed by atoms with Gasteiger partial charge < -0.3 is 4.90 Å². The van der Waals surface area contributed by atoms with E-state index in [0.717, 1.165) is 12.3 Å². The highest BCUT2D eigenvalue weighted by molar-refractivity contribution is 4.84. The van der Waals surface area contributed by atoms with Crippen molar-refractivity contribution in [2.75, 3.05) is 19.6 Å². The van der Waals surface area contributed by atoms with Gasteiger partial charge in [-0.3, -0.25) is 0 Å². The van der Waals surface area contributed by atoms with Crippen LogP contribution >= 0.6 is 0 Å². The Balaban J connectivity index is 2.07. The molecule has 0 aliphatic carbocycles. The molecule has 1 rings (SSSR count). The van der Waals surface area contributed by atoms with E-state index in [1.807, 2.05) is 0 Å². The summed E-state index contributed by atoms with van der Waals surface area (Å²) in [7, 11) is 0. The fraction of sp³-hybridized carbons (Fsp3) is 0.833. The number of likely N-dealkylation sites (tertiary alicyclic amines) is 1. The molecule has 0 aromatic rings. The van der Waals surface area contributed by atoms with Crippen LogP contribution in [0.3, 0.4) is 0 Å². The minimum atomic E-state index is 0.939. The van der Waals surface area contributed by atoms with Crippen molar-refractivity contribution >= 4 is 0 Å². The predicted molar refractivity (Wildman–Crippen MR) is 57.5 cm³/mol. The molecule has 0 aromatic heterocycles. The number of terminal acetylenes is 1. The van der Waals surface area contributed by atoms with Crippen LogP contribution in [-0.2, 0) is 0 Å². The lowest BCUT2D eigenvalue weighted by Gasteiger charge is -2.14. The fourth-order valence-corrected chi connectivity index (χ4v) is 2.16. The van der Waals surface area contributed by atoms with Crippen molar-refractivity contribution in [3.05, 3.63) is 0 Å². The quantitative estimate of drug-likeness (QED) is 0.463. The lowest BCUT2D eigenvalue weighted by Crippen LogP contribution is -2.21. The summed E-state index contributed by atoms with van der Waals surface area (Å²) in [6, 6.07) is 0.